The number of carbonyl (C=O) groups excluding carboxylic acids is 2. The summed E-state index contributed by atoms with van der Waals surface area (Å²) in [6.45, 7) is 3.48. The summed E-state index contributed by atoms with van der Waals surface area (Å²) in [5, 5.41) is 0. The molecule has 1 heterocycles. The van der Waals surface area contributed by atoms with Crippen molar-refractivity contribution in [3.8, 4) is 0 Å². The van der Waals surface area contributed by atoms with Crippen LogP contribution in [-0.4, -0.2) is 42.8 Å². The van der Waals surface area contributed by atoms with E-state index >= 15 is 0 Å². The minimum absolute atomic E-state index is 0.0197. The lowest BCUT2D eigenvalue weighted by molar-refractivity contribution is -0.131. The van der Waals surface area contributed by atoms with Gasteiger partial charge in [-0.15, -0.1) is 0 Å². The Bertz CT molecular complexity index is 846. The third kappa shape index (κ3) is 4.70. The number of piperazine rings is 1. The van der Waals surface area contributed by atoms with E-state index in [4.69, 9.17) is 0 Å². The van der Waals surface area contributed by atoms with E-state index in [-0.39, 0.29) is 17.5 Å². The molecule has 1 aliphatic heterocycles. The second kappa shape index (κ2) is 8.29. The zero-order chi connectivity index (χ0) is 19.4. The van der Waals surface area contributed by atoms with E-state index in [0.717, 1.165) is 5.56 Å². The molecule has 4 nitrogen and oxygen atoms in total. The molecule has 0 unspecified atom stereocenters. The Hall–Kier alpha value is -2.76. The lowest BCUT2D eigenvalue weighted by atomic mass is 10.1. The first kappa shape index (κ1) is 19.0. The average molecular weight is 372 g/mol. The van der Waals surface area contributed by atoms with E-state index in [1.165, 1.54) is 25.1 Å². The van der Waals surface area contributed by atoms with Crippen LogP contribution in [0.5, 0.6) is 0 Å². The molecular weight excluding hydrogens is 350 g/mol. The summed E-state index contributed by atoms with van der Waals surface area (Å²) in [4.78, 5) is 27.4. The van der Waals surface area contributed by atoms with Crippen LogP contribution in [0, 0.1) is 11.6 Å². The van der Waals surface area contributed by atoms with Crippen LogP contribution < -0.4 is 4.90 Å². The van der Waals surface area contributed by atoms with Gasteiger partial charge in [0.25, 0.3) is 0 Å². The van der Waals surface area contributed by atoms with Crippen LogP contribution in [0.25, 0.3) is 0 Å². The second-order valence-electron chi connectivity index (χ2n) is 6.72. The van der Waals surface area contributed by atoms with Gasteiger partial charge in [-0.2, -0.15) is 0 Å². The largest absolute Gasteiger partial charge is 0.366 e. The molecule has 0 bridgehead atoms. The van der Waals surface area contributed by atoms with Crippen molar-refractivity contribution in [2.45, 2.75) is 19.8 Å². The normalized spacial score (nSPS) is 14.3. The fourth-order valence-electron chi connectivity index (χ4n) is 3.28. The molecule has 0 aliphatic carbocycles. The highest BCUT2D eigenvalue weighted by atomic mass is 19.1. The fraction of sp³-hybridized carbons (Fsp3) is 0.333. The standard InChI is InChI=1S/C21H22F2N2O2/c1-15(26)17-6-7-20(19(23)14-17)24-9-11-25(12-10-24)21(27)8-5-16-3-2-4-18(22)13-16/h2-4,6-7,13-14H,5,8-12H2,1H3. The summed E-state index contributed by atoms with van der Waals surface area (Å²) in [6.07, 6.45) is 0.822. The number of hydrogen-bond donors (Lipinski definition) is 0. The summed E-state index contributed by atoms with van der Waals surface area (Å²) in [7, 11) is 0. The van der Waals surface area contributed by atoms with Crippen LogP contribution in [0.4, 0.5) is 14.5 Å². The number of aryl methyl sites for hydroxylation is 1. The van der Waals surface area contributed by atoms with E-state index in [2.05, 4.69) is 0 Å². The van der Waals surface area contributed by atoms with Crippen LogP contribution in [0.15, 0.2) is 42.5 Å². The highest BCUT2D eigenvalue weighted by Gasteiger charge is 2.23. The molecule has 2 aromatic rings. The van der Waals surface area contributed by atoms with E-state index in [1.807, 2.05) is 11.0 Å². The van der Waals surface area contributed by atoms with Crippen LogP contribution in [0.3, 0.4) is 0 Å². The highest BCUT2D eigenvalue weighted by Crippen LogP contribution is 2.22. The van der Waals surface area contributed by atoms with Gasteiger partial charge in [-0.1, -0.05) is 12.1 Å². The van der Waals surface area contributed by atoms with Gasteiger partial charge in [0.15, 0.2) is 5.78 Å². The lowest BCUT2D eigenvalue weighted by Gasteiger charge is -2.36. The molecule has 1 aliphatic rings. The molecule has 3 rings (SSSR count). The van der Waals surface area contributed by atoms with Gasteiger partial charge in [0.2, 0.25) is 5.91 Å². The molecule has 6 heteroatoms. The second-order valence-corrected chi connectivity index (χ2v) is 6.72. The number of amides is 1. The number of nitrogens with zero attached hydrogens (tertiary/aromatic N) is 2. The molecule has 1 amide bonds. The Morgan fingerprint density at radius 2 is 1.74 bits per heavy atom. The molecule has 27 heavy (non-hydrogen) atoms. The van der Waals surface area contributed by atoms with Crippen LogP contribution in [-0.2, 0) is 11.2 Å². The van der Waals surface area contributed by atoms with Crippen molar-refractivity contribution in [3.63, 3.8) is 0 Å². The van der Waals surface area contributed by atoms with Crippen molar-refractivity contribution < 1.29 is 18.4 Å². The SMILES string of the molecule is CC(=O)c1ccc(N2CCN(C(=O)CCc3cccc(F)c3)CC2)c(F)c1. The molecule has 0 radical (unpaired) electrons. The quantitative estimate of drug-likeness (QED) is 0.755. The average Bonchev–Trinajstić information content (AvgIpc) is 2.66. The van der Waals surface area contributed by atoms with Gasteiger partial charge in [-0.3, -0.25) is 9.59 Å². The topological polar surface area (TPSA) is 40.6 Å². The van der Waals surface area contributed by atoms with Crippen LogP contribution in [0.1, 0.15) is 29.3 Å². The van der Waals surface area contributed by atoms with Gasteiger partial charge < -0.3 is 9.80 Å². The fourth-order valence-corrected chi connectivity index (χ4v) is 3.28. The van der Waals surface area contributed by atoms with E-state index in [0.29, 0.717) is 50.3 Å². The van der Waals surface area contributed by atoms with Crippen molar-refractivity contribution in [1.29, 1.82) is 0 Å². The summed E-state index contributed by atoms with van der Waals surface area (Å²) in [6, 6.07) is 10.8. The molecule has 142 valence electrons. The Balaban J connectivity index is 1.54. The molecule has 0 atom stereocenters. The maximum atomic E-state index is 14.3. The zero-order valence-corrected chi connectivity index (χ0v) is 15.3. The third-order valence-electron chi connectivity index (χ3n) is 4.84. The van der Waals surface area contributed by atoms with Gasteiger partial charge >= 0.3 is 0 Å². The third-order valence-corrected chi connectivity index (χ3v) is 4.84. The number of rotatable bonds is 5. The molecule has 1 saturated heterocycles. The number of benzene rings is 2. The first-order chi connectivity index (χ1) is 12.9. The van der Waals surface area contributed by atoms with Gasteiger partial charge in [0.1, 0.15) is 11.6 Å². The summed E-state index contributed by atoms with van der Waals surface area (Å²) in [5.74, 6) is -0.875. The van der Waals surface area contributed by atoms with Gasteiger partial charge in [0, 0.05) is 38.2 Å². The van der Waals surface area contributed by atoms with Crippen molar-refractivity contribution in [2.75, 3.05) is 31.1 Å². The number of ketones is 1. The van der Waals surface area contributed by atoms with Gasteiger partial charge in [-0.05, 0) is 49.2 Å². The first-order valence-corrected chi connectivity index (χ1v) is 9.01. The van der Waals surface area contributed by atoms with Gasteiger partial charge in [-0.25, -0.2) is 8.78 Å². The number of carbonyl (C=O) groups is 2. The summed E-state index contributed by atoms with van der Waals surface area (Å²) < 4.78 is 27.5. The van der Waals surface area contributed by atoms with Crippen LogP contribution >= 0.6 is 0 Å². The maximum Gasteiger partial charge on any atom is 0.223 e. The molecule has 1 fully saturated rings. The first-order valence-electron chi connectivity index (χ1n) is 9.01. The monoisotopic (exact) mass is 372 g/mol. The molecule has 0 saturated carbocycles. The number of Topliss-reactive ketones (excluding diaryl/α,β-unsaturated/α-hetero) is 1. The van der Waals surface area contributed by atoms with E-state index in [1.54, 1.807) is 23.1 Å². The minimum atomic E-state index is -0.423. The highest BCUT2D eigenvalue weighted by molar-refractivity contribution is 5.94. The van der Waals surface area contributed by atoms with Crippen molar-refractivity contribution >= 4 is 17.4 Å². The molecule has 0 aromatic heterocycles. The number of anilines is 1. The lowest BCUT2D eigenvalue weighted by Crippen LogP contribution is -2.49. The van der Waals surface area contributed by atoms with E-state index < -0.39 is 5.82 Å². The van der Waals surface area contributed by atoms with Crippen molar-refractivity contribution in [1.82, 2.24) is 4.90 Å². The van der Waals surface area contributed by atoms with Crippen molar-refractivity contribution in [2.24, 2.45) is 0 Å². The Morgan fingerprint density at radius 3 is 2.37 bits per heavy atom. The molecule has 0 N–H and O–H groups in total. The number of hydrogen-bond acceptors (Lipinski definition) is 3. The Kier molecular flexibility index (Phi) is 5.84. The Labute approximate surface area is 157 Å². The molecule has 0 spiro atoms. The maximum absolute atomic E-state index is 14.3. The predicted molar refractivity (Wildman–Crippen MR) is 99.9 cm³/mol. The predicted octanol–water partition coefficient (Wildman–Crippen LogP) is 3.45. The van der Waals surface area contributed by atoms with Crippen LogP contribution in [0.2, 0.25) is 0 Å². The zero-order valence-electron chi connectivity index (χ0n) is 15.3. The Morgan fingerprint density at radius 1 is 1.00 bits per heavy atom. The molecular formula is C21H22F2N2O2. The van der Waals surface area contributed by atoms with Gasteiger partial charge in [0.05, 0.1) is 5.69 Å². The van der Waals surface area contributed by atoms with Crippen molar-refractivity contribution in [3.05, 3.63) is 65.2 Å². The minimum Gasteiger partial charge on any atom is -0.366 e. The molecule has 2 aromatic carbocycles. The summed E-state index contributed by atoms with van der Waals surface area (Å²) in [5.41, 5.74) is 1.60. The summed E-state index contributed by atoms with van der Waals surface area (Å²) >= 11 is 0. The van der Waals surface area contributed by atoms with E-state index in [9.17, 15) is 18.4 Å². The smallest absolute Gasteiger partial charge is 0.223 e. The number of halogens is 2.